The Labute approximate surface area is 92.3 Å². The fourth-order valence-corrected chi connectivity index (χ4v) is 1.11. The van der Waals surface area contributed by atoms with Gasteiger partial charge in [0.2, 0.25) is 0 Å². The number of hydrogen-bond donors (Lipinski definition) is 2. The highest BCUT2D eigenvalue weighted by atomic mass is 19.1. The molecule has 0 bridgehead atoms. The van der Waals surface area contributed by atoms with Crippen molar-refractivity contribution >= 4 is 5.97 Å². The number of pyridine rings is 1. The van der Waals surface area contributed by atoms with Crippen LogP contribution in [0.5, 0.6) is 0 Å². The molecule has 1 aromatic rings. The van der Waals surface area contributed by atoms with E-state index in [-0.39, 0.29) is 13.2 Å². The third kappa shape index (κ3) is 3.92. The molecule has 1 atom stereocenters. The van der Waals surface area contributed by atoms with Crippen molar-refractivity contribution in [2.45, 2.75) is 12.6 Å². The van der Waals surface area contributed by atoms with Crippen molar-refractivity contribution in [3.63, 3.8) is 0 Å². The van der Waals surface area contributed by atoms with Crippen molar-refractivity contribution in [1.29, 1.82) is 0 Å². The molecule has 0 saturated carbocycles. The average Bonchev–Trinajstić information content (AvgIpc) is 2.24. The van der Waals surface area contributed by atoms with Gasteiger partial charge < -0.3 is 15.2 Å². The Balaban J connectivity index is 2.38. The first-order chi connectivity index (χ1) is 7.63. The Hall–Kier alpha value is -1.53. The number of carboxylic acid groups (broad SMARTS) is 1. The largest absolute Gasteiger partial charge is 0.480 e. The summed E-state index contributed by atoms with van der Waals surface area (Å²) in [4.78, 5) is 14.3. The third-order valence-corrected chi connectivity index (χ3v) is 1.96. The van der Waals surface area contributed by atoms with Crippen LogP contribution in [0.4, 0.5) is 4.39 Å². The van der Waals surface area contributed by atoms with Gasteiger partial charge in [0.05, 0.1) is 19.4 Å². The number of rotatable bonds is 6. The maximum absolute atomic E-state index is 12.7. The van der Waals surface area contributed by atoms with Gasteiger partial charge in [-0.2, -0.15) is 0 Å². The average molecular weight is 228 g/mol. The molecule has 88 valence electrons. The number of aliphatic carboxylic acids is 1. The van der Waals surface area contributed by atoms with E-state index in [4.69, 9.17) is 9.84 Å². The predicted molar refractivity (Wildman–Crippen MR) is 54.3 cm³/mol. The number of halogens is 1. The van der Waals surface area contributed by atoms with E-state index in [1.54, 1.807) is 0 Å². The van der Waals surface area contributed by atoms with Gasteiger partial charge in [-0.05, 0) is 18.7 Å². The minimum atomic E-state index is -0.986. The highest BCUT2D eigenvalue weighted by molar-refractivity contribution is 5.73. The molecule has 1 unspecified atom stereocenters. The fraction of sp³-hybridized carbons (Fsp3) is 0.400. The minimum Gasteiger partial charge on any atom is -0.480 e. The second-order valence-electron chi connectivity index (χ2n) is 3.21. The number of hydrogen-bond acceptors (Lipinski definition) is 4. The summed E-state index contributed by atoms with van der Waals surface area (Å²) in [5.41, 5.74) is 0.570. The summed E-state index contributed by atoms with van der Waals surface area (Å²) in [7, 11) is 1.53. The topological polar surface area (TPSA) is 71.5 Å². The highest BCUT2D eigenvalue weighted by Crippen LogP contribution is 2.02. The Bertz CT molecular complexity index is 360. The SMILES string of the molecule is CNC(COCc1cncc(F)c1)C(=O)O. The van der Waals surface area contributed by atoms with Gasteiger partial charge in [0.1, 0.15) is 11.9 Å². The summed E-state index contributed by atoms with van der Waals surface area (Å²) in [6.45, 7) is 0.151. The van der Waals surface area contributed by atoms with Gasteiger partial charge in [-0.1, -0.05) is 0 Å². The molecule has 0 radical (unpaired) electrons. The molecule has 0 amide bonds. The smallest absolute Gasteiger partial charge is 0.323 e. The number of nitrogens with zero attached hydrogens (tertiary/aromatic N) is 1. The maximum Gasteiger partial charge on any atom is 0.323 e. The van der Waals surface area contributed by atoms with E-state index in [9.17, 15) is 9.18 Å². The third-order valence-electron chi connectivity index (χ3n) is 1.96. The molecule has 0 fully saturated rings. The molecule has 0 saturated heterocycles. The minimum absolute atomic E-state index is 0.0162. The lowest BCUT2D eigenvalue weighted by molar-refractivity contribution is -0.141. The monoisotopic (exact) mass is 228 g/mol. The van der Waals surface area contributed by atoms with Gasteiger partial charge >= 0.3 is 5.97 Å². The zero-order valence-electron chi connectivity index (χ0n) is 8.81. The van der Waals surface area contributed by atoms with Crippen molar-refractivity contribution in [2.75, 3.05) is 13.7 Å². The van der Waals surface area contributed by atoms with Crippen LogP contribution in [0.3, 0.4) is 0 Å². The van der Waals surface area contributed by atoms with Gasteiger partial charge in [0.25, 0.3) is 0 Å². The normalized spacial score (nSPS) is 12.4. The van der Waals surface area contributed by atoms with Gasteiger partial charge in [0, 0.05) is 6.20 Å². The van der Waals surface area contributed by atoms with Crippen molar-refractivity contribution < 1.29 is 19.0 Å². The molecule has 6 heteroatoms. The molecular formula is C10H13FN2O3. The highest BCUT2D eigenvalue weighted by Gasteiger charge is 2.14. The first kappa shape index (κ1) is 12.5. The van der Waals surface area contributed by atoms with Crippen molar-refractivity contribution in [3.05, 3.63) is 29.8 Å². The van der Waals surface area contributed by atoms with Crippen LogP contribution in [0.15, 0.2) is 18.5 Å². The summed E-state index contributed by atoms with van der Waals surface area (Å²) in [5, 5.41) is 11.3. The number of likely N-dealkylation sites (N-methyl/N-ethyl adjacent to an activating group) is 1. The molecule has 16 heavy (non-hydrogen) atoms. The van der Waals surface area contributed by atoms with E-state index < -0.39 is 17.8 Å². The molecule has 0 aliphatic heterocycles. The van der Waals surface area contributed by atoms with E-state index in [1.165, 1.54) is 19.3 Å². The van der Waals surface area contributed by atoms with E-state index in [0.717, 1.165) is 6.20 Å². The second-order valence-corrected chi connectivity index (χ2v) is 3.21. The molecule has 0 aliphatic rings. The van der Waals surface area contributed by atoms with Gasteiger partial charge in [-0.25, -0.2) is 4.39 Å². The lowest BCUT2D eigenvalue weighted by Crippen LogP contribution is -2.38. The summed E-state index contributed by atoms with van der Waals surface area (Å²) in [6, 6.07) is 0.531. The molecule has 0 spiro atoms. The second kappa shape index (κ2) is 6.14. The number of carboxylic acids is 1. The van der Waals surface area contributed by atoms with E-state index in [0.29, 0.717) is 5.56 Å². The van der Waals surface area contributed by atoms with Crippen molar-refractivity contribution in [1.82, 2.24) is 10.3 Å². The van der Waals surface area contributed by atoms with E-state index in [2.05, 4.69) is 10.3 Å². The molecule has 2 N–H and O–H groups in total. The zero-order chi connectivity index (χ0) is 12.0. The van der Waals surface area contributed by atoms with Crippen LogP contribution < -0.4 is 5.32 Å². The summed E-state index contributed by atoms with van der Waals surface area (Å²) < 4.78 is 17.9. The van der Waals surface area contributed by atoms with Crippen LogP contribution in [0, 0.1) is 5.82 Å². The Morgan fingerprint density at radius 3 is 3.00 bits per heavy atom. The zero-order valence-corrected chi connectivity index (χ0v) is 8.81. The molecule has 1 aromatic heterocycles. The maximum atomic E-state index is 12.7. The van der Waals surface area contributed by atoms with Gasteiger partial charge in [-0.15, -0.1) is 0 Å². The molecular weight excluding hydrogens is 215 g/mol. The van der Waals surface area contributed by atoms with Gasteiger partial charge in [0.15, 0.2) is 0 Å². The van der Waals surface area contributed by atoms with Crippen molar-refractivity contribution in [2.24, 2.45) is 0 Å². The quantitative estimate of drug-likeness (QED) is 0.738. The number of carbonyl (C=O) groups is 1. The number of aromatic nitrogens is 1. The molecule has 1 rings (SSSR count). The van der Waals surface area contributed by atoms with Gasteiger partial charge in [-0.3, -0.25) is 9.78 Å². The first-order valence-corrected chi connectivity index (χ1v) is 4.70. The lowest BCUT2D eigenvalue weighted by Gasteiger charge is -2.11. The van der Waals surface area contributed by atoms with Crippen LogP contribution in [-0.2, 0) is 16.1 Å². The van der Waals surface area contributed by atoms with E-state index >= 15 is 0 Å². The predicted octanol–water partition coefficient (Wildman–Crippen LogP) is 0.410. The summed E-state index contributed by atoms with van der Waals surface area (Å²) in [5.74, 6) is -1.43. The van der Waals surface area contributed by atoms with Crippen LogP contribution >= 0.6 is 0 Å². The Morgan fingerprint density at radius 1 is 1.69 bits per heavy atom. The van der Waals surface area contributed by atoms with Crippen LogP contribution in [0.25, 0.3) is 0 Å². The van der Waals surface area contributed by atoms with Crippen LogP contribution in [0.2, 0.25) is 0 Å². The van der Waals surface area contributed by atoms with Crippen LogP contribution in [-0.4, -0.2) is 35.8 Å². The number of ether oxygens (including phenoxy) is 1. The van der Waals surface area contributed by atoms with Crippen molar-refractivity contribution in [3.8, 4) is 0 Å². The standard InChI is InChI=1S/C10H13FN2O3/c1-12-9(10(14)15)6-16-5-7-2-8(11)4-13-3-7/h2-4,9,12H,5-6H2,1H3,(H,14,15). The lowest BCUT2D eigenvalue weighted by atomic mass is 10.3. The number of nitrogens with one attached hydrogen (secondary N) is 1. The summed E-state index contributed by atoms with van der Waals surface area (Å²) >= 11 is 0. The fourth-order valence-electron chi connectivity index (χ4n) is 1.11. The van der Waals surface area contributed by atoms with Crippen LogP contribution in [0.1, 0.15) is 5.56 Å². The molecule has 0 aromatic carbocycles. The molecule has 5 nitrogen and oxygen atoms in total. The molecule has 0 aliphatic carbocycles. The molecule has 1 heterocycles. The Kier molecular flexibility index (Phi) is 4.81. The first-order valence-electron chi connectivity index (χ1n) is 4.70. The Morgan fingerprint density at radius 2 is 2.44 bits per heavy atom. The van der Waals surface area contributed by atoms with E-state index in [1.807, 2.05) is 0 Å². The summed E-state index contributed by atoms with van der Waals surface area (Å²) in [6.07, 6.45) is 2.56.